The number of benzene rings is 2. The monoisotopic (exact) mass is 325 g/mol. The SMILES string of the molecule is CCOc1ccccc1C(=O)NC[C@](O)(c1ccccc1)C1CC1. The first-order valence-corrected chi connectivity index (χ1v) is 8.43. The van der Waals surface area contributed by atoms with Crippen LogP contribution in [0.15, 0.2) is 54.6 Å². The van der Waals surface area contributed by atoms with Crippen molar-refractivity contribution in [3.8, 4) is 5.75 Å². The van der Waals surface area contributed by atoms with Crippen molar-refractivity contribution in [1.82, 2.24) is 5.32 Å². The number of carbonyl (C=O) groups is 1. The van der Waals surface area contributed by atoms with E-state index < -0.39 is 5.60 Å². The maximum absolute atomic E-state index is 12.6. The fourth-order valence-corrected chi connectivity index (χ4v) is 3.02. The van der Waals surface area contributed by atoms with Crippen LogP contribution in [-0.2, 0) is 5.60 Å². The third kappa shape index (κ3) is 3.44. The summed E-state index contributed by atoms with van der Waals surface area (Å²) < 4.78 is 5.51. The third-order valence-corrected chi connectivity index (χ3v) is 4.48. The van der Waals surface area contributed by atoms with Gasteiger partial charge in [-0.25, -0.2) is 0 Å². The van der Waals surface area contributed by atoms with Crippen molar-refractivity contribution in [3.05, 3.63) is 65.7 Å². The normalized spacial score (nSPS) is 16.2. The van der Waals surface area contributed by atoms with E-state index in [0.29, 0.717) is 17.9 Å². The molecule has 4 nitrogen and oxygen atoms in total. The predicted molar refractivity (Wildman–Crippen MR) is 93.0 cm³/mol. The highest BCUT2D eigenvalue weighted by Crippen LogP contribution is 2.45. The van der Waals surface area contributed by atoms with E-state index in [1.54, 1.807) is 12.1 Å². The van der Waals surface area contributed by atoms with Crippen LogP contribution >= 0.6 is 0 Å². The van der Waals surface area contributed by atoms with Gasteiger partial charge in [-0.05, 0) is 43.4 Å². The zero-order valence-electron chi connectivity index (χ0n) is 13.9. The Hall–Kier alpha value is -2.33. The second kappa shape index (κ2) is 7.05. The second-order valence-corrected chi connectivity index (χ2v) is 6.18. The average molecular weight is 325 g/mol. The summed E-state index contributed by atoms with van der Waals surface area (Å²) in [5, 5.41) is 14.0. The maximum atomic E-state index is 12.6. The summed E-state index contributed by atoms with van der Waals surface area (Å²) in [6, 6.07) is 16.7. The molecule has 1 aliphatic rings. The maximum Gasteiger partial charge on any atom is 0.255 e. The number of para-hydroxylation sites is 1. The summed E-state index contributed by atoms with van der Waals surface area (Å²) in [6.45, 7) is 2.58. The molecule has 1 saturated carbocycles. The molecule has 0 aliphatic heterocycles. The van der Waals surface area contributed by atoms with Crippen LogP contribution in [0.5, 0.6) is 5.75 Å². The molecule has 0 unspecified atom stereocenters. The van der Waals surface area contributed by atoms with Gasteiger partial charge in [0.05, 0.1) is 18.7 Å². The molecule has 1 amide bonds. The van der Waals surface area contributed by atoms with Gasteiger partial charge in [0.1, 0.15) is 11.4 Å². The number of nitrogens with one attached hydrogen (secondary N) is 1. The molecule has 126 valence electrons. The molecular formula is C20H23NO3. The van der Waals surface area contributed by atoms with Crippen LogP contribution in [0.3, 0.4) is 0 Å². The molecule has 4 heteroatoms. The van der Waals surface area contributed by atoms with Gasteiger partial charge in [-0.2, -0.15) is 0 Å². The standard InChI is InChI=1S/C20H23NO3/c1-2-24-18-11-7-6-10-17(18)19(22)21-14-20(23,16-12-13-16)15-8-4-3-5-9-15/h3-11,16,23H,2,12-14H2,1H3,(H,21,22)/t20-/m0/s1. The molecule has 0 heterocycles. The molecule has 1 fully saturated rings. The van der Waals surface area contributed by atoms with Crippen LogP contribution in [0, 0.1) is 5.92 Å². The van der Waals surface area contributed by atoms with Gasteiger partial charge in [0.2, 0.25) is 0 Å². The van der Waals surface area contributed by atoms with Crippen molar-refractivity contribution in [2.24, 2.45) is 5.92 Å². The Balaban J connectivity index is 1.75. The van der Waals surface area contributed by atoms with Crippen molar-refractivity contribution in [1.29, 1.82) is 0 Å². The van der Waals surface area contributed by atoms with Crippen molar-refractivity contribution in [2.45, 2.75) is 25.4 Å². The molecule has 3 rings (SSSR count). The molecule has 2 N–H and O–H groups in total. The zero-order chi connectivity index (χ0) is 17.0. The summed E-state index contributed by atoms with van der Waals surface area (Å²) in [5.41, 5.74) is 0.328. The van der Waals surface area contributed by atoms with E-state index in [0.717, 1.165) is 18.4 Å². The molecule has 24 heavy (non-hydrogen) atoms. The third-order valence-electron chi connectivity index (χ3n) is 4.48. The largest absolute Gasteiger partial charge is 0.493 e. The van der Waals surface area contributed by atoms with Gasteiger partial charge in [-0.3, -0.25) is 4.79 Å². The van der Waals surface area contributed by atoms with E-state index in [4.69, 9.17) is 4.74 Å². The highest BCUT2D eigenvalue weighted by Gasteiger charge is 2.45. The Morgan fingerprint density at radius 3 is 2.50 bits per heavy atom. The number of carbonyl (C=O) groups excluding carboxylic acids is 1. The molecule has 2 aromatic carbocycles. The molecule has 0 spiro atoms. The first kappa shape index (κ1) is 16.5. The number of amides is 1. The van der Waals surface area contributed by atoms with E-state index in [2.05, 4.69) is 5.32 Å². The van der Waals surface area contributed by atoms with Gasteiger partial charge in [0.25, 0.3) is 5.91 Å². The average Bonchev–Trinajstić information content (AvgIpc) is 3.46. The predicted octanol–water partition coefficient (Wildman–Crippen LogP) is 3.11. The van der Waals surface area contributed by atoms with Crippen LogP contribution in [0.25, 0.3) is 0 Å². The van der Waals surface area contributed by atoms with Crippen LogP contribution in [0.2, 0.25) is 0 Å². The van der Waals surface area contributed by atoms with Crippen molar-refractivity contribution in [3.63, 3.8) is 0 Å². The van der Waals surface area contributed by atoms with Gasteiger partial charge >= 0.3 is 0 Å². The highest BCUT2D eigenvalue weighted by atomic mass is 16.5. The minimum Gasteiger partial charge on any atom is -0.493 e. The molecule has 0 radical (unpaired) electrons. The van der Waals surface area contributed by atoms with Gasteiger partial charge in [0.15, 0.2) is 0 Å². The first-order valence-electron chi connectivity index (χ1n) is 8.43. The van der Waals surface area contributed by atoms with Crippen LogP contribution < -0.4 is 10.1 Å². The lowest BCUT2D eigenvalue weighted by atomic mass is 9.88. The zero-order valence-corrected chi connectivity index (χ0v) is 13.9. The quantitative estimate of drug-likeness (QED) is 0.822. The Labute approximate surface area is 142 Å². The van der Waals surface area contributed by atoms with E-state index in [1.807, 2.05) is 49.4 Å². The van der Waals surface area contributed by atoms with Crippen LogP contribution in [0.1, 0.15) is 35.7 Å². The molecule has 2 aromatic rings. The van der Waals surface area contributed by atoms with Gasteiger partial charge in [0, 0.05) is 0 Å². The van der Waals surface area contributed by atoms with E-state index in [9.17, 15) is 9.90 Å². The molecule has 0 aromatic heterocycles. The van der Waals surface area contributed by atoms with E-state index in [-0.39, 0.29) is 18.4 Å². The second-order valence-electron chi connectivity index (χ2n) is 6.18. The number of ether oxygens (including phenoxy) is 1. The number of rotatable bonds is 7. The minimum absolute atomic E-state index is 0.195. The summed E-state index contributed by atoms with van der Waals surface area (Å²) in [4.78, 5) is 12.6. The fourth-order valence-electron chi connectivity index (χ4n) is 3.02. The molecule has 1 atom stereocenters. The highest BCUT2D eigenvalue weighted by molar-refractivity contribution is 5.96. The van der Waals surface area contributed by atoms with E-state index >= 15 is 0 Å². The molecular weight excluding hydrogens is 302 g/mol. The molecule has 0 saturated heterocycles. The van der Waals surface area contributed by atoms with Crippen LogP contribution in [-0.4, -0.2) is 24.2 Å². The topological polar surface area (TPSA) is 58.6 Å². The minimum atomic E-state index is -1.02. The Kier molecular flexibility index (Phi) is 4.86. The number of hydrogen-bond acceptors (Lipinski definition) is 3. The van der Waals surface area contributed by atoms with E-state index in [1.165, 1.54) is 0 Å². The number of aliphatic hydroxyl groups is 1. The summed E-state index contributed by atoms with van der Waals surface area (Å²) >= 11 is 0. The first-order chi connectivity index (χ1) is 11.6. The lowest BCUT2D eigenvalue weighted by Gasteiger charge is -2.29. The molecule has 1 aliphatic carbocycles. The Bertz CT molecular complexity index is 697. The van der Waals surface area contributed by atoms with Crippen molar-refractivity contribution < 1.29 is 14.6 Å². The Morgan fingerprint density at radius 1 is 1.17 bits per heavy atom. The van der Waals surface area contributed by atoms with Gasteiger partial charge in [-0.15, -0.1) is 0 Å². The molecule has 0 bridgehead atoms. The summed E-state index contributed by atoms with van der Waals surface area (Å²) in [6.07, 6.45) is 1.97. The lowest BCUT2D eigenvalue weighted by Crippen LogP contribution is -2.42. The fraction of sp³-hybridized carbons (Fsp3) is 0.350. The summed E-state index contributed by atoms with van der Waals surface area (Å²) in [5.74, 6) is 0.531. The van der Waals surface area contributed by atoms with Crippen LogP contribution in [0.4, 0.5) is 0 Å². The lowest BCUT2D eigenvalue weighted by molar-refractivity contribution is 0.0134. The van der Waals surface area contributed by atoms with Crippen molar-refractivity contribution in [2.75, 3.05) is 13.2 Å². The summed E-state index contributed by atoms with van der Waals surface area (Å²) in [7, 11) is 0. The number of hydrogen-bond donors (Lipinski definition) is 2. The van der Waals surface area contributed by atoms with Gasteiger partial charge < -0.3 is 15.2 Å². The smallest absolute Gasteiger partial charge is 0.255 e. The Morgan fingerprint density at radius 2 is 1.83 bits per heavy atom. The van der Waals surface area contributed by atoms with Crippen molar-refractivity contribution >= 4 is 5.91 Å². The van der Waals surface area contributed by atoms with Gasteiger partial charge in [-0.1, -0.05) is 42.5 Å².